The number of hydrogen-bond acceptors (Lipinski definition) is 3. The van der Waals surface area contributed by atoms with Crippen molar-refractivity contribution < 1.29 is 13.9 Å². The summed E-state index contributed by atoms with van der Waals surface area (Å²) >= 11 is 0. The Kier molecular flexibility index (Phi) is 4.22. The van der Waals surface area contributed by atoms with Gasteiger partial charge in [-0.2, -0.15) is 0 Å². The third-order valence-electron chi connectivity index (χ3n) is 5.29. The lowest BCUT2D eigenvalue weighted by Gasteiger charge is -2.26. The molecule has 1 aliphatic heterocycles. The SMILES string of the molecule is CCOC(=O)C1([C@H]2CN(C(C)c3ccccc3)C[C@H]2F)CC1. The monoisotopic (exact) mass is 305 g/mol. The van der Waals surface area contributed by atoms with Gasteiger partial charge < -0.3 is 4.74 Å². The molecule has 0 N–H and O–H groups in total. The Morgan fingerprint density at radius 2 is 2.05 bits per heavy atom. The zero-order valence-corrected chi connectivity index (χ0v) is 13.3. The van der Waals surface area contributed by atoms with Crippen LogP contribution >= 0.6 is 0 Å². The molecule has 0 bridgehead atoms. The Morgan fingerprint density at radius 3 is 2.64 bits per heavy atom. The molecule has 1 aromatic rings. The van der Waals surface area contributed by atoms with E-state index in [0.717, 1.165) is 12.8 Å². The maximum atomic E-state index is 14.6. The van der Waals surface area contributed by atoms with E-state index in [0.29, 0.717) is 19.7 Å². The summed E-state index contributed by atoms with van der Waals surface area (Å²) < 4.78 is 19.8. The Labute approximate surface area is 131 Å². The molecular weight excluding hydrogens is 281 g/mol. The third-order valence-corrected chi connectivity index (χ3v) is 5.29. The summed E-state index contributed by atoms with van der Waals surface area (Å²) in [6, 6.07) is 10.3. The van der Waals surface area contributed by atoms with Crippen molar-refractivity contribution in [3.05, 3.63) is 35.9 Å². The number of nitrogens with zero attached hydrogens (tertiary/aromatic N) is 1. The molecule has 1 aliphatic carbocycles. The largest absolute Gasteiger partial charge is 0.466 e. The van der Waals surface area contributed by atoms with Crippen LogP contribution in [0.4, 0.5) is 4.39 Å². The van der Waals surface area contributed by atoms with E-state index in [1.165, 1.54) is 5.56 Å². The van der Waals surface area contributed by atoms with Crippen LogP contribution in [0.2, 0.25) is 0 Å². The molecule has 120 valence electrons. The van der Waals surface area contributed by atoms with E-state index >= 15 is 0 Å². The van der Waals surface area contributed by atoms with Crippen LogP contribution in [-0.2, 0) is 9.53 Å². The third kappa shape index (κ3) is 2.65. The smallest absolute Gasteiger partial charge is 0.312 e. The summed E-state index contributed by atoms with van der Waals surface area (Å²) in [6.45, 7) is 5.32. The van der Waals surface area contributed by atoms with E-state index in [-0.39, 0.29) is 17.9 Å². The van der Waals surface area contributed by atoms with Gasteiger partial charge in [0.1, 0.15) is 6.17 Å². The first-order chi connectivity index (χ1) is 10.6. The summed E-state index contributed by atoms with van der Waals surface area (Å²) in [5.74, 6) is -0.422. The number of rotatable bonds is 5. The zero-order valence-electron chi connectivity index (χ0n) is 13.3. The van der Waals surface area contributed by atoms with E-state index < -0.39 is 11.6 Å². The van der Waals surface area contributed by atoms with E-state index in [4.69, 9.17) is 4.74 Å². The summed E-state index contributed by atoms with van der Waals surface area (Å²) in [5, 5.41) is 0. The first-order valence-corrected chi connectivity index (χ1v) is 8.19. The zero-order chi connectivity index (χ0) is 15.7. The highest BCUT2D eigenvalue weighted by molar-refractivity contribution is 5.80. The topological polar surface area (TPSA) is 29.5 Å². The number of ether oxygens (including phenoxy) is 1. The van der Waals surface area contributed by atoms with Crippen molar-refractivity contribution in [2.75, 3.05) is 19.7 Å². The number of likely N-dealkylation sites (tertiary alicyclic amines) is 1. The number of alkyl halides is 1. The Bertz CT molecular complexity index is 529. The summed E-state index contributed by atoms with van der Waals surface area (Å²) in [5.41, 5.74) is 0.636. The van der Waals surface area contributed by atoms with Gasteiger partial charge in [0.15, 0.2) is 0 Å². The second kappa shape index (κ2) is 5.99. The minimum Gasteiger partial charge on any atom is -0.466 e. The van der Waals surface area contributed by atoms with Gasteiger partial charge in [-0.1, -0.05) is 30.3 Å². The molecule has 2 aliphatic rings. The molecule has 0 amide bonds. The van der Waals surface area contributed by atoms with Crippen molar-refractivity contribution in [3.63, 3.8) is 0 Å². The minimum atomic E-state index is -0.946. The number of carbonyl (C=O) groups excluding carboxylic acids is 1. The molecule has 22 heavy (non-hydrogen) atoms. The quantitative estimate of drug-likeness (QED) is 0.781. The predicted molar refractivity (Wildman–Crippen MR) is 83.1 cm³/mol. The Hall–Kier alpha value is -1.42. The highest BCUT2D eigenvalue weighted by Crippen LogP contribution is 2.56. The molecule has 1 unspecified atom stereocenters. The van der Waals surface area contributed by atoms with Crippen molar-refractivity contribution in [2.24, 2.45) is 11.3 Å². The van der Waals surface area contributed by atoms with Crippen LogP contribution in [0.25, 0.3) is 0 Å². The molecule has 1 aromatic carbocycles. The minimum absolute atomic E-state index is 0.169. The van der Waals surface area contributed by atoms with Gasteiger partial charge in [0.25, 0.3) is 0 Å². The molecule has 3 nitrogen and oxygen atoms in total. The highest BCUT2D eigenvalue weighted by Gasteiger charge is 2.61. The lowest BCUT2D eigenvalue weighted by atomic mass is 9.87. The van der Waals surface area contributed by atoms with Crippen LogP contribution in [0.5, 0.6) is 0 Å². The maximum absolute atomic E-state index is 14.6. The fourth-order valence-corrected chi connectivity index (χ4v) is 3.71. The van der Waals surface area contributed by atoms with Gasteiger partial charge in [-0.05, 0) is 32.3 Å². The highest BCUT2D eigenvalue weighted by atomic mass is 19.1. The van der Waals surface area contributed by atoms with Gasteiger partial charge in [0.05, 0.1) is 12.0 Å². The van der Waals surface area contributed by atoms with E-state index in [9.17, 15) is 9.18 Å². The number of esters is 1. The van der Waals surface area contributed by atoms with Crippen molar-refractivity contribution in [2.45, 2.75) is 38.9 Å². The van der Waals surface area contributed by atoms with E-state index in [1.54, 1.807) is 6.92 Å². The molecule has 0 aromatic heterocycles. The number of carbonyl (C=O) groups is 1. The van der Waals surface area contributed by atoms with Gasteiger partial charge in [-0.3, -0.25) is 9.69 Å². The standard InChI is InChI=1S/C18H24FNO2/c1-3-22-17(21)18(9-10-18)15-11-20(12-16(15)19)13(2)14-7-5-4-6-8-14/h4-8,13,15-16H,3,9-12H2,1-2H3/t13?,15-,16+/m0/s1. The molecule has 0 radical (unpaired) electrons. The molecule has 3 atom stereocenters. The first kappa shape index (κ1) is 15.5. The van der Waals surface area contributed by atoms with E-state index in [2.05, 4.69) is 24.0 Å². The Morgan fingerprint density at radius 1 is 1.36 bits per heavy atom. The average molecular weight is 305 g/mol. The van der Waals surface area contributed by atoms with Crippen molar-refractivity contribution in [1.29, 1.82) is 0 Å². The van der Waals surface area contributed by atoms with Crippen molar-refractivity contribution >= 4 is 5.97 Å². The van der Waals surface area contributed by atoms with Gasteiger partial charge >= 0.3 is 5.97 Å². The van der Waals surface area contributed by atoms with Crippen LogP contribution in [-0.4, -0.2) is 36.7 Å². The van der Waals surface area contributed by atoms with Crippen LogP contribution < -0.4 is 0 Å². The molecule has 4 heteroatoms. The molecule has 1 heterocycles. The van der Waals surface area contributed by atoms with Crippen LogP contribution in [0, 0.1) is 11.3 Å². The molecule has 0 spiro atoms. The average Bonchev–Trinajstić information content (AvgIpc) is 3.25. The van der Waals surface area contributed by atoms with Crippen molar-refractivity contribution in [3.8, 4) is 0 Å². The fourth-order valence-electron chi connectivity index (χ4n) is 3.71. The number of benzene rings is 1. The van der Waals surface area contributed by atoms with Crippen molar-refractivity contribution in [1.82, 2.24) is 4.90 Å². The second-order valence-electron chi connectivity index (χ2n) is 6.54. The van der Waals surface area contributed by atoms with Crippen LogP contribution in [0.1, 0.15) is 38.3 Å². The molecule has 2 fully saturated rings. The lowest BCUT2D eigenvalue weighted by Crippen LogP contribution is -2.33. The van der Waals surface area contributed by atoms with Gasteiger partial charge in [0, 0.05) is 25.0 Å². The van der Waals surface area contributed by atoms with Crippen LogP contribution in [0.3, 0.4) is 0 Å². The van der Waals surface area contributed by atoms with Crippen LogP contribution in [0.15, 0.2) is 30.3 Å². The van der Waals surface area contributed by atoms with E-state index in [1.807, 2.05) is 18.2 Å². The normalized spacial score (nSPS) is 28.3. The molecular formula is C18H24FNO2. The summed E-state index contributed by atoms with van der Waals surface area (Å²) in [7, 11) is 0. The van der Waals surface area contributed by atoms with Gasteiger partial charge in [-0.25, -0.2) is 4.39 Å². The fraction of sp³-hybridized carbons (Fsp3) is 0.611. The molecule has 3 rings (SSSR count). The summed E-state index contributed by atoms with van der Waals surface area (Å²) in [4.78, 5) is 14.4. The Balaban J connectivity index is 1.71. The first-order valence-electron chi connectivity index (χ1n) is 8.19. The van der Waals surface area contributed by atoms with Gasteiger partial charge in [0.2, 0.25) is 0 Å². The van der Waals surface area contributed by atoms with Gasteiger partial charge in [-0.15, -0.1) is 0 Å². The maximum Gasteiger partial charge on any atom is 0.312 e. The predicted octanol–water partition coefficient (Wildman–Crippen LogP) is 3.36. The molecule has 1 saturated carbocycles. The number of hydrogen-bond donors (Lipinski definition) is 0. The molecule has 1 saturated heterocycles. The second-order valence-corrected chi connectivity index (χ2v) is 6.54. The summed E-state index contributed by atoms with van der Waals surface area (Å²) in [6.07, 6.45) is 0.590. The lowest BCUT2D eigenvalue weighted by molar-refractivity contribution is -0.152. The number of halogens is 1.